The third-order valence-electron chi connectivity index (χ3n) is 3.45. The van der Waals surface area contributed by atoms with Gasteiger partial charge in [-0.3, -0.25) is 4.68 Å². The van der Waals surface area contributed by atoms with Gasteiger partial charge in [-0.05, 0) is 24.0 Å². The quantitative estimate of drug-likeness (QED) is 0.850. The van der Waals surface area contributed by atoms with E-state index in [1.165, 1.54) is 11.1 Å². The van der Waals surface area contributed by atoms with Crippen LogP contribution in [0.15, 0.2) is 36.7 Å². The molecule has 0 saturated heterocycles. The monoisotopic (exact) mass is 273 g/mol. The summed E-state index contributed by atoms with van der Waals surface area (Å²) in [5.41, 5.74) is 3.58. The number of aliphatic hydroxyl groups excluding tert-OH is 1. The van der Waals surface area contributed by atoms with Crippen molar-refractivity contribution in [1.82, 2.24) is 9.78 Å². The highest BCUT2D eigenvalue weighted by molar-refractivity contribution is 5.42. The second-order valence-corrected chi connectivity index (χ2v) is 5.40. The molecule has 0 radical (unpaired) electrons. The van der Waals surface area contributed by atoms with E-state index in [4.69, 9.17) is 5.11 Å². The van der Waals surface area contributed by atoms with Crippen LogP contribution in [0.1, 0.15) is 43.9 Å². The van der Waals surface area contributed by atoms with Crippen molar-refractivity contribution in [3.8, 4) is 0 Å². The molecular weight excluding hydrogens is 250 g/mol. The first-order valence-electron chi connectivity index (χ1n) is 7.10. The van der Waals surface area contributed by atoms with Crippen LogP contribution in [0.4, 0.5) is 5.69 Å². The Morgan fingerprint density at radius 3 is 2.40 bits per heavy atom. The van der Waals surface area contributed by atoms with Crippen molar-refractivity contribution in [3.63, 3.8) is 0 Å². The van der Waals surface area contributed by atoms with Crippen LogP contribution in [-0.2, 0) is 6.54 Å². The number of hydrogen-bond donors (Lipinski definition) is 2. The maximum absolute atomic E-state index is 8.88. The Morgan fingerprint density at radius 2 is 1.80 bits per heavy atom. The molecule has 1 unspecified atom stereocenters. The number of nitrogens with zero attached hydrogens (tertiary/aromatic N) is 2. The van der Waals surface area contributed by atoms with Gasteiger partial charge in [0.2, 0.25) is 0 Å². The summed E-state index contributed by atoms with van der Waals surface area (Å²) in [7, 11) is 0. The third-order valence-corrected chi connectivity index (χ3v) is 3.45. The summed E-state index contributed by atoms with van der Waals surface area (Å²) in [5.74, 6) is 0.559. The van der Waals surface area contributed by atoms with E-state index in [-0.39, 0.29) is 12.6 Å². The number of aliphatic hydroxyl groups is 1. The van der Waals surface area contributed by atoms with Gasteiger partial charge in [-0.1, -0.05) is 38.1 Å². The number of benzene rings is 1. The molecule has 20 heavy (non-hydrogen) atoms. The molecule has 0 aliphatic rings. The van der Waals surface area contributed by atoms with Crippen molar-refractivity contribution in [2.75, 3.05) is 11.9 Å². The SMILES string of the molecule is CC(C)c1ccc(C(C)Nc2cnn(CCO)c2)cc1. The molecule has 0 bridgehead atoms. The Bertz CT molecular complexity index is 531. The topological polar surface area (TPSA) is 50.1 Å². The minimum atomic E-state index is 0.105. The highest BCUT2D eigenvalue weighted by Crippen LogP contribution is 2.21. The Balaban J connectivity index is 2.01. The van der Waals surface area contributed by atoms with E-state index in [2.05, 4.69) is 55.5 Å². The lowest BCUT2D eigenvalue weighted by atomic mass is 9.99. The van der Waals surface area contributed by atoms with Crippen LogP contribution < -0.4 is 5.32 Å². The summed E-state index contributed by atoms with van der Waals surface area (Å²) in [6.45, 7) is 7.17. The van der Waals surface area contributed by atoms with Gasteiger partial charge >= 0.3 is 0 Å². The first-order chi connectivity index (χ1) is 9.60. The van der Waals surface area contributed by atoms with Crippen molar-refractivity contribution in [3.05, 3.63) is 47.8 Å². The van der Waals surface area contributed by atoms with Gasteiger partial charge in [0, 0.05) is 12.2 Å². The van der Waals surface area contributed by atoms with Crippen LogP contribution in [0.5, 0.6) is 0 Å². The van der Waals surface area contributed by atoms with E-state index in [0.29, 0.717) is 12.5 Å². The largest absolute Gasteiger partial charge is 0.394 e. The average Bonchev–Trinajstić information content (AvgIpc) is 2.86. The Labute approximate surface area is 120 Å². The van der Waals surface area contributed by atoms with Gasteiger partial charge in [-0.2, -0.15) is 5.10 Å². The first kappa shape index (κ1) is 14.6. The fraction of sp³-hybridized carbons (Fsp3) is 0.438. The molecule has 4 nitrogen and oxygen atoms in total. The van der Waals surface area contributed by atoms with Crippen molar-refractivity contribution < 1.29 is 5.11 Å². The summed E-state index contributed by atoms with van der Waals surface area (Å²) >= 11 is 0. The molecule has 0 saturated carbocycles. The molecule has 2 rings (SSSR count). The van der Waals surface area contributed by atoms with Crippen molar-refractivity contribution >= 4 is 5.69 Å². The number of hydrogen-bond acceptors (Lipinski definition) is 3. The summed E-state index contributed by atoms with van der Waals surface area (Å²) in [5, 5.41) is 16.5. The van der Waals surface area contributed by atoms with E-state index in [1.807, 2.05) is 6.20 Å². The number of aromatic nitrogens is 2. The molecule has 0 spiro atoms. The first-order valence-corrected chi connectivity index (χ1v) is 7.10. The molecule has 0 aliphatic carbocycles. The van der Waals surface area contributed by atoms with Gasteiger partial charge in [0.25, 0.3) is 0 Å². The Morgan fingerprint density at radius 1 is 1.15 bits per heavy atom. The van der Waals surface area contributed by atoms with Crippen LogP contribution >= 0.6 is 0 Å². The number of anilines is 1. The lowest BCUT2D eigenvalue weighted by Crippen LogP contribution is -2.06. The fourth-order valence-corrected chi connectivity index (χ4v) is 2.17. The summed E-state index contributed by atoms with van der Waals surface area (Å²) < 4.78 is 1.73. The van der Waals surface area contributed by atoms with E-state index >= 15 is 0 Å². The minimum absolute atomic E-state index is 0.105. The van der Waals surface area contributed by atoms with Crippen LogP contribution in [0.2, 0.25) is 0 Å². The Hall–Kier alpha value is -1.81. The molecule has 2 N–H and O–H groups in total. The maximum Gasteiger partial charge on any atom is 0.0731 e. The predicted molar refractivity (Wildman–Crippen MR) is 81.9 cm³/mol. The van der Waals surface area contributed by atoms with Crippen LogP contribution in [0, 0.1) is 0 Å². The lowest BCUT2D eigenvalue weighted by Gasteiger charge is -2.15. The zero-order valence-corrected chi connectivity index (χ0v) is 12.4. The molecule has 108 valence electrons. The second kappa shape index (κ2) is 6.57. The third kappa shape index (κ3) is 3.61. The average molecular weight is 273 g/mol. The van der Waals surface area contributed by atoms with Gasteiger partial charge in [-0.15, -0.1) is 0 Å². The van der Waals surface area contributed by atoms with Crippen molar-refractivity contribution in [2.24, 2.45) is 0 Å². The number of rotatable bonds is 6. The fourth-order valence-electron chi connectivity index (χ4n) is 2.17. The van der Waals surface area contributed by atoms with Gasteiger partial charge in [0.15, 0.2) is 0 Å². The van der Waals surface area contributed by atoms with Gasteiger partial charge in [0.05, 0.1) is 25.0 Å². The summed E-state index contributed by atoms with van der Waals surface area (Å²) in [4.78, 5) is 0. The van der Waals surface area contributed by atoms with Crippen molar-refractivity contribution in [1.29, 1.82) is 0 Å². The van der Waals surface area contributed by atoms with Gasteiger partial charge in [0.1, 0.15) is 0 Å². The standard InChI is InChI=1S/C16H23N3O/c1-12(2)14-4-6-15(7-5-14)13(3)18-16-10-17-19(11-16)8-9-20/h4-7,10-13,18,20H,8-9H2,1-3H3. The van der Waals surface area contributed by atoms with Crippen molar-refractivity contribution in [2.45, 2.75) is 39.3 Å². The smallest absolute Gasteiger partial charge is 0.0731 e. The predicted octanol–water partition coefficient (Wildman–Crippen LogP) is 3.17. The van der Waals surface area contributed by atoms with Crippen LogP contribution in [0.3, 0.4) is 0 Å². The molecule has 0 fully saturated rings. The molecule has 0 amide bonds. The maximum atomic E-state index is 8.88. The molecule has 1 atom stereocenters. The summed E-state index contributed by atoms with van der Waals surface area (Å²) in [6.07, 6.45) is 3.70. The molecule has 1 heterocycles. The highest BCUT2D eigenvalue weighted by atomic mass is 16.3. The lowest BCUT2D eigenvalue weighted by molar-refractivity contribution is 0.269. The molecule has 4 heteroatoms. The normalized spacial score (nSPS) is 12.7. The molecular formula is C16H23N3O. The van der Waals surface area contributed by atoms with E-state index in [0.717, 1.165) is 5.69 Å². The van der Waals surface area contributed by atoms with Crippen LogP contribution in [-0.4, -0.2) is 21.5 Å². The highest BCUT2D eigenvalue weighted by Gasteiger charge is 2.07. The Kier molecular flexibility index (Phi) is 4.79. The molecule has 0 aliphatic heterocycles. The zero-order valence-electron chi connectivity index (χ0n) is 12.4. The molecule has 1 aromatic carbocycles. The molecule has 2 aromatic rings. The summed E-state index contributed by atoms with van der Waals surface area (Å²) in [6, 6.07) is 8.94. The number of nitrogens with one attached hydrogen (secondary N) is 1. The molecule has 1 aromatic heterocycles. The minimum Gasteiger partial charge on any atom is -0.394 e. The zero-order chi connectivity index (χ0) is 14.5. The van der Waals surface area contributed by atoms with E-state index in [9.17, 15) is 0 Å². The van der Waals surface area contributed by atoms with E-state index < -0.39 is 0 Å². The van der Waals surface area contributed by atoms with Gasteiger partial charge in [-0.25, -0.2) is 0 Å². The van der Waals surface area contributed by atoms with Gasteiger partial charge < -0.3 is 10.4 Å². The second-order valence-electron chi connectivity index (χ2n) is 5.40. The van der Waals surface area contributed by atoms with E-state index in [1.54, 1.807) is 10.9 Å². The van der Waals surface area contributed by atoms with Crippen LogP contribution in [0.25, 0.3) is 0 Å².